The highest BCUT2D eigenvalue weighted by molar-refractivity contribution is 7.89. The molecule has 2 aromatic carbocycles. The second-order valence-electron chi connectivity index (χ2n) is 7.52. The van der Waals surface area contributed by atoms with E-state index in [9.17, 15) is 8.42 Å². The summed E-state index contributed by atoms with van der Waals surface area (Å²) in [6, 6.07) is 12.7. The van der Waals surface area contributed by atoms with E-state index >= 15 is 0 Å². The van der Waals surface area contributed by atoms with Crippen LogP contribution in [0.5, 0.6) is 17.2 Å². The van der Waals surface area contributed by atoms with E-state index in [0.717, 1.165) is 22.1 Å². The molecular weight excluding hydrogens is 462 g/mol. The number of thiazole rings is 1. The summed E-state index contributed by atoms with van der Waals surface area (Å²) in [5.41, 5.74) is 2.05. The Hall–Kier alpha value is -2.82. The lowest BCUT2D eigenvalue weighted by Gasteiger charge is -2.34. The minimum Gasteiger partial charge on any atom is -0.497 e. The molecule has 0 atom stereocenters. The maximum Gasteiger partial charge on any atom is 0.247 e. The van der Waals surface area contributed by atoms with E-state index in [2.05, 4.69) is 4.90 Å². The van der Waals surface area contributed by atoms with Gasteiger partial charge in [0, 0.05) is 49.6 Å². The van der Waals surface area contributed by atoms with Crippen molar-refractivity contribution in [2.45, 2.75) is 11.3 Å². The summed E-state index contributed by atoms with van der Waals surface area (Å²) in [5, 5.41) is 2.95. The van der Waals surface area contributed by atoms with Gasteiger partial charge in [-0.05, 0) is 18.2 Å². The van der Waals surface area contributed by atoms with Crippen LogP contribution in [-0.4, -0.2) is 65.2 Å². The van der Waals surface area contributed by atoms with Gasteiger partial charge in [0.25, 0.3) is 0 Å². The molecule has 1 aliphatic heterocycles. The Labute approximate surface area is 198 Å². The molecule has 10 heteroatoms. The van der Waals surface area contributed by atoms with Crippen LogP contribution in [0.15, 0.2) is 52.7 Å². The Morgan fingerprint density at radius 2 is 1.67 bits per heavy atom. The van der Waals surface area contributed by atoms with E-state index in [-0.39, 0.29) is 4.90 Å². The molecule has 1 fully saturated rings. The van der Waals surface area contributed by atoms with Crippen LogP contribution in [0.25, 0.3) is 0 Å². The Morgan fingerprint density at radius 1 is 0.939 bits per heavy atom. The lowest BCUT2D eigenvalue weighted by Crippen LogP contribution is -2.48. The summed E-state index contributed by atoms with van der Waals surface area (Å²) in [5.74, 6) is 1.62. The van der Waals surface area contributed by atoms with Crippen molar-refractivity contribution in [2.24, 2.45) is 0 Å². The fraction of sp³-hybridized carbons (Fsp3) is 0.348. The van der Waals surface area contributed by atoms with Crippen molar-refractivity contribution in [3.8, 4) is 17.2 Å². The number of sulfonamides is 1. The van der Waals surface area contributed by atoms with Gasteiger partial charge in [-0.2, -0.15) is 4.31 Å². The summed E-state index contributed by atoms with van der Waals surface area (Å²) in [7, 11) is 0.920. The van der Waals surface area contributed by atoms with E-state index in [1.807, 2.05) is 29.6 Å². The van der Waals surface area contributed by atoms with Crippen molar-refractivity contribution in [3.05, 3.63) is 59.1 Å². The molecule has 0 N–H and O–H groups in total. The number of ether oxygens (including phenoxy) is 3. The molecule has 8 nitrogen and oxygen atoms in total. The third kappa shape index (κ3) is 4.92. The monoisotopic (exact) mass is 489 g/mol. The average Bonchev–Trinajstić information content (AvgIpc) is 3.32. The molecular formula is C23H27N3O5S2. The number of piperazine rings is 1. The second-order valence-corrected chi connectivity index (χ2v) is 10.3. The normalized spacial score (nSPS) is 14.8. The van der Waals surface area contributed by atoms with Gasteiger partial charge in [-0.3, -0.25) is 0 Å². The Balaban J connectivity index is 1.44. The summed E-state index contributed by atoms with van der Waals surface area (Å²) in [6.45, 7) is 1.86. The molecule has 0 amide bonds. The average molecular weight is 490 g/mol. The van der Waals surface area contributed by atoms with Gasteiger partial charge in [0.05, 0.1) is 27.0 Å². The van der Waals surface area contributed by atoms with Gasteiger partial charge in [0.15, 0.2) is 5.13 Å². The first-order valence-electron chi connectivity index (χ1n) is 10.5. The van der Waals surface area contributed by atoms with Crippen LogP contribution in [-0.2, 0) is 16.4 Å². The molecule has 0 aliphatic carbocycles. The Kier molecular flexibility index (Phi) is 7.06. The minimum absolute atomic E-state index is 0.117. The molecule has 4 rings (SSSR count). The van der Waals surface area contributed by atoms with E-state index in [0.29, 0.717) is 44.1 Å². The lowest BCUT2D eigenvalue weighted by molar-refractivity contribution is 0.370. The molecule has 1 aromatic heterocycles. The smallest absolute Gasteiger partial charge is 0.247 e. The highest BCUT2D eigenvalue weighted by Gasteiger charge is 2.32. The van der Waals surface area contributed by atoms with Gasteiger partial charge >= 0.3 is 0 Å². The summed E-state index contributed by atoms with van der Waals surface area (Å²) in [6.07, 6.45) is 0.685. The maximum absolute atomic E-state index is 13.3. The summed E-state index contributed by atoms with van der Waals surface area (Å²) < 4.78 is 44.0. The van der Waals surface area contributed by atoms with Gasteiger partial charge in [-0.25, -0.2) is 13.4 Å². The fourth-order valence-corrected chi connectivity index (χ4v) is 6.28. The molecule has 0 radical (unpaired) electrons. The first-order valence-corrected chi connectivity index (χ1v) is 12.8. The quantitative estimate of drug-likeness (QED) is 0.480. The number of hydrogen-bond acceptors (Lipinski definition) is 8. The summed E-state index contributed by atoms with van der Waals surface area (Å²) in [4.78, 5) is 7.03. The van der Waals surface area contributed by atoms with Crippen molar-refractivity contribution >= 4 is 26.5 Å². The molecule has 3 aromatic rings. The van der Waals surface area contributed by atoms with Gasteiger partial charge in [-0.15, -0.1) is 11.3 Å². The number of methoxy groups -OCH3 is 3. The van der Waals surface area contributed by atoms with Crippen molar-refractivity contribution < 1.29 is 22.6 Å². The van der Waals surface area contributed by atoms with Crippen molar-refractivity contribution in [2.75, 3.05) is 52.4 Å². The number of nitrogens with zero attached hydrogens (tertiary/aromatic N) is 3. The molecule has 0 unspecified atom stereocenters. The van der Waals surface area contributed by atoms with Crippen LogP contribution in [0.2, 0.25) is 0 Å². The van der Waals surface area contributed by atoms with E-state index < -0.39 is 10.0 Å². The minimum atomic E-state index is -3.72. The van der Waals surface area contributed by atoms with Gasteiger partial charge in [0.1, 0.15) is 22.1 Å². The molecule has 0 spiro atoms. The number of aromatic nitrogens is 1. The van der Waals surface area contributed by atoms with E-state index in [1.54, 1.807) is 30.6 Å². The zero-order valence-electron chi connectivity index (χ0n) is 18.9. The van der Waals surface area contributed by atoms with E-state index in [1.165, 1.54) is 24.6 Å². The largest absolute Gasteiger partial charge is 0.497 e. The Morgan fingerprint density at radius 3 is 2.36 bits per heavy atom. The van der Waals surface area contributed by atoms with Crippen LogP contribution in [0.4, 0.5) is 5.13 Å². The van der Waals surface area contributed by atoms with Gasteiger partial charge in [0.2, 0.25) is 10.0 Å². The van der Waals surface area contributed by atoms with Crippen molar-refractivity contribution in [3.63, 3.8) is 0 Å². The highest BCUT2D eigenvalue weighted by atomic mass is 32.2. The van der Waals surface area contributed by atoms with Crippen LogP contribution >= 0.6 is 11.3 Å². The second kappa shape index (κ2) is 9.98. The molecule has 1 saturated heterocycles. The third-order valence-corrected chi connectivity index (χ3v) is 8.47. The number of rotatable bonds is 8. The van der Waals surface area contributed by atoms with Crippen molar-refractivity contribution in [1.29, 1.82) is 0 Å². The SMILES string of the molecule is COc1ccc(OC)c(S(=O)(=O)N2CCN(c3nc(Cc4ccccc4OC)cs3)CC2)c1. The first kappa shape index (κ1) is 23.3. The zero-order chi connectivity index (χ0) is 23.4. The predicted octanol–water partition coefficient (Wildman–Crippen LogP) is 3.27. The van der Waals surface area contributed by atoms with Gasteiger partial charge < -0.3 is 19.1 Å². The Bertz CT molecular complexity index is 1200. The van der Waals surface area contributed by atoms with E-state index in [4.69, 9.17) is 19.2 Å². The highest BCUT2D eigenvalue weighted by Crippen LogP contribution is 2.32. The van der Waals surface area contributed by atoms with Crippen LogP contribution < -0.4 is 19.1 Å². The summed E-state index contributed by atoms with van der Waals surface area (Å²) >= 11 is 1.57. The lowest BCUT2D eigenvalue weighted by atomic mass is 10.1. The molecule has 2 heterocycles. The van der Waals surface area contributed by atoms with Crippen LogP contribution in [0.3, 0.4) is 0 Å². The number of para-hydroxylation sites is 1. The molecule has 0 saturated carbocycles. The van der Waals surface area contributed by atoms with Crippen LogP contribution in [0.1, 0.15) is 11.3 Å². The topological polar surface area (TPSA) is 81.2 Å². The van der Waals surface area contributed by atoms with Crippen molar-refractivity contribution in [1.82, 2.24) is 9.29 Å². The maximum atomic E-state index is 13.3. The molecule has 1 aliphatic rings. The van der Waals surface area contributed by atoms with Gasteiger partial charge in [-0.1, -0.05) is 18.2 Å². The van der Waals surface area contributed by atoms with Crippen LogP contribution in [0, 0.1) is 0 Å². The standard InChI is InChI=1S/C23H27N3O5S2/c1-29-19-8-9-21(31-3)22(15-19)33(27,28)26-12-10-25(11-13-26)23-24-18(16-32-23)14-17-6-4-5-7-20(17)30-2/h4-9,15-16H,10-14H2,1-3H3. The third-order valence-electron chi connectivity index (χ3n) is 5.60. The molecule has 33 heavy (non-hydrogen) atoms. The molecule has 0 bridgehead atoms. The fourth-order valence-electron chi connectivity index (χ4n) is 3.81. The molecule has 176 valence electrons. The number of anilines is 1. The predicted molar refractivity (Wildman–Crippen MR) is 128 cm³/mol. The number of benzene rings is 2. The zero-order valence-corrected chi connectivity index (χ0v) is 20.5. The first-order chi connectivity index (χ1) is 16.0. The number of hydrogen-bond donors (Lipinski definition) is 0.